The smallest absolute Gasteiger partial charge is 0.228 e. The number of nitrogens with zero attached hydrogens (tertiary/aromatic N) is 2. The van der Waals surface area contributed by atoms with Crippen molar-refractivity contribution < 1.29 is 13.2 Å². The summed E-state index contributed by atoms with van der Waals surface area (Å²) in [4.78, 5) is 4.29. The number of halogens is 1. The number of rotatable bonds is 6. The molecule has 5 nitrogen and oxygen atoms in total. The van der Waals surface area contributed by atoms with Crippen molar-refractivity contribution in [1.82, 2.24) is 9.55 Å². The van der Waals surface area contributed by atoms with E-state index in [1.54, 1.807) is 41.8 Å². The maximum atomic E-state index is 12.3. The molecule has 0 aliphatic heterocycles. The van der Waals surface area contributed by atoms with Gasteiger partial charge in [-0.25, -0.2) is 13.4 Å². The molecule has 1 aromatic heterocycles. The van der Waals surface area contributed by atoms with Crippen molar-refractivity contribution in [2.45, 2.75) is 18.6 Å². The van der Waals surface area contributed by atoms with Gasteiger partial charge in [-0.2, -0.15) is 0 Å². The van der Waals surface area contributed by atoms with Gasteiger partial charge in [-0.3, -0.25) is 0 Å². The third kappa shape index (κ3) is 3.39. The van der Waals surface area contributed by atoms with Gasteiger partial charge >= 0.3 is 0 Å². The van der Waals surface area contributed by atoms with Gasteiger partial charge in [0.05, 0.1) is 23.3 Å². The Balaban J connectivity index is 1.87. The van der Waals surface area contributed by atoms with Crippen LogP contribution in [0.5, 0.6) is 5.75 Å². The van der Waals surface area contributed by atoms with Crippen LogP contribution < -0.4 is 4.74 Å². The molecule has 0 aliphatic rings. The van der Waals surface area contributed by atoms with Gasteiger partial charge in [-0.1, -0.05) is 30.7 Å². The lowest BCUT2D eigenvalue weighted by Crippen LogP contribution is -2.16. The molecule has 0 aliphatic carbocycles. The average Bonchev–Trinajstić information content (AvgIpc) is 2.96. The molecule has 0 saturated carbocycles. The lowest BCUT2D eigenvalue weighted by Gasteiger charge is -2.10. The molecular weight excluding hydrogens is 348 g/mol. The molecule has 1 heterocycles. The summed E-state index contributed by atoms with van der Waals surface area (Å²) in [5.41, 5.74) is 1.44. The quantitative estimate of drug-likeness (QED) is 0.671. The number of fused-ring (bicyclic) bond motifs is 1. The topological polar surface area (TPSA) is 61.2 Å². The Kier molecular flexibility index (Phi) is 4.78. The van der Waals surface area contributed by atoms with Crippen molar-refractivity contribution in [3.05, 3.63) is 53.6 Å². The maximum absolute atomic E-state index is 12.3. The van der Waals surface area contributed by atoms with Crippen LogP contribution in [0.1, 0.15) is 6.92 Å². The zero-order valence-electron chi connectivity index (χ0n) is 13.1. The molecule has 0 spiro atoms. The maximum Gasteiger partial charge on any atom is 0.228 e. The van der Waals surface area contributed by atoms with E-state index in [-0.39, 0.29) is 10.9 Å². The minimum atomic E-state index is -3.41. The minimum absolute atomic E-state index is 0.00830. The van der Waals surface area contributed by atoms with E-state index in [9.17, 15) is 8.42 Å². The van der Waals surface area contributed by atoms with Gasteiger partial charge in [-0.15, -0.1) is 0 Å². The summed E-state index contributed by atoms with van der Waals surface area (Å²) in [6.45, 7) is 2.33. The Hall–Kier alpha value is -2.05. The fraction of sp³-hybridized carbons (Fsp3) is 0.235. The third-order valence-electron chi connectivity index (χ3n) is 3.67. The molecule has 126 valence electrons. The summed E-state index contributed by atoms with van der Waals surface area (Å²) in [6, 6.07) is 14.4. The first kappa shape index (κ1) is 16.8. The molecular formula is C17H17ClN2O3S. The Morgan fingerprint density at radius 1 is 1.12 bits per heavy atom. The van der Waals surface area contributed by atoms with Crippen LogP contribution in [0.25, 0.3) is 11.0 Å². The molecule has 0 unspecified atom stereocenters. The van der Waals surface area contributed by atoms with Crippen LogP contribution in [-0.4, -0.2) is 30.3 Å². The second-order valence-electron chi connectivity index (χ2n) is 5.24. The molecule has 0 N–H and O–H groups in total. The fourth-order valence-corrected chi connectivity index (χ4v) is 3.57. The van der Waals surface area contributed by atoms with Crippen molar-refractivity contribution in [3.8, 4) is 5.75 Å². The summed E-state index contributed by atoms with van der Waals surface area (Å²) in [5.74, 6) is 0.692. The van der Waals surface area contributed by atoms with Crippen LogP contribution in [0.3, 0.4) is 0 Å². The lowest BCUT2D eigenvalue weighted by molar-refractivity contribution is 0.295. The van der Waals surface area contributed by atoms with Gasteiger partial charge in [-0.05, 0) is 36.4 Å². The van der Waals surface area contributed by atoms with Gasteiger partial charge in [0.2, 0.25) is 15.0 Å². The first-order valence-corrected chi connectivity index (χ1v) is 9.60. The normalized spacial score (nSPS) is 11.8. The number of hydrogen-bond donors (Lipinski definition) is 0. The zero-order valence-corrected chi connectivity index (χ0v) is 14.7. The second-order valence-corrected chi connectivity index (χ2v) is 7.85. The summed E-state index contributed by atoms with van der Waals surface area (Å²) in [6.07, 6.45) is 0. The second kappa shape index (κ2) is 6.83. The van der Waals surface area contributed by atoms with Crippen LogP contribution in [0, 0.1) is 0 Å². The monoisotopic (exact) mass is 364 g/mol. The summed E-state index contributed by atoms with van der Waals surface area (Å²) >= 11 is 5.84. The largest absolute Gasteiger partial charge is 0.492 e. The van der Waals surface area contributed by atoms with Crippen molar-refractivity contribution in [1.29, 1.82) is 0 Å². The molecule has 7 heteroatoms. The minimum Gasteiger partial charge on any atom is -0.492 e. The predicted octanol–water partition coefficient (Wildman–Crippen LogP) is 3.56. The van der Waals surface area contributed by atoms with Crippen LogP contribution in [0.15, 0.2) is 53.7 Å². The van der Waals surface area contributed by atoms with E-state index in [0.29, 0.717) is 29.4 Å². The molecule has 3 aromatic rings. The van der Waals surface area contributed by atoms with E-state index >= 15 is 0 Å². The lowest BCUT2D eigenvalue weighted by atomic mass is 10.3. The number of aromatic nitrogens is 2. The Morgan fingerprint density at radius 3 is 2.54 bits per heavy atom. The Labute approximate surface area is 145 Å². The summed E-state index contributed by atoms with van der Waals surface area (Å²) in [7, 11) is -3.41. The van der Waals surface area contributed by atoms with E-state index < -0.39 is 9.84 Å². The number of hydrogen-bond acceptors (Lipinski definition) is 4. The molecule has 0 fully saturated rings. The predicted molar refractivity (Wildman–Crippen MR) is 94.4 cm³/mol. The van der Waals surface area contributed by atoms with Gasteiger partial charge in [0, 0.05) is 5.02 Å². The molecule has 2 aromatic carbocycles. The van der Waals surface area contributed by atoms with E-state index in [1.165, 1.54) is 0 Å². The van der Waals surface area contributed by atoms with Crippen molar-refractivity contribution in [2.24, 2.45) is 0 Å². The summed E-state index contributed by atoms with van der Waals surface area (Å²) < 4.78 is 32.0. The average molecular weight is 365 g/mol. The Morgan fingerprint density at radius 2 is 1.83 bits per heavy atom. The van der Waals surface area contributed by atoms with Crippen molar-refractivity contribution in [3.63, 3.8) is 0 Å². The van der Waals surface area contributed by atoms with Crippen molar-refractivity contribution >= 4 is 32.5 Å². The number of imidazole rings is 1. The molecule has 0 amide bonds. The SMILES string of the molecule is CCS(=O)(=O)c1nc2ccccc2n1CCOc1ccc(Cl)cc1. The van der Waals surface area contributed by atoms with Gasteiger partial charge in [0.1, 0.15) is 12.4 Å². The van der Waals surface area contributed by atoms with Gasteiger partial charge < -0.3 is 9.30 Å². The number of sulfone groups is 1. The van der Waals surface area contributed by atoms with E-state index in [0.717, 1.165) is 5.52 Å². The number of para-hydroxylation sites is 2. The van der Waals surface area contributed by atoms with Gasteiger partial charge in [0.25, 0.3) is 0 Å². The highest BCUT2D eigenvalue weighted by molar-refractivity contribution is 7.91. The number of benzene rings is 2. The molecule has 3 rings (SSSR count). The van der Waals surface area contributed by atoms with Gasteiger partial charge in [0.15, 0.2) is 0 Å². The molecule has 24 heavy (non-hydrogen) atoms. The van der Waals surface area contributed by atoms with Crippen LogP contribution >= 0.6 is 11.6 Å². The van der Waals surface area contributed by atoms with E-state index in [1.807, 2.05) is 18.2 Å². The highest BCUT2D eigenvalue weighted by Crippen LogP contribution is 2.21. The summed E-state index contributed by atoms with van der Waals surface area (Å²) in [5, 5.41) is 0.727. The standard InChI is InChI=1S/C17H17ClN2O3S/c1-2-24(21,22)17-19-15-5-3-4-6-16(15)20(17)11-12-23-14-9-7-13(18)8-10-14/h3-10H,2,11-12H2,1H3. The molecule has 0 bridgehead atoms. The van der Waals surface area contributed by atoms with E-state index in [2.05, 4.69) is 4.98 Å². The highest BCUT2D eigenvalue weighted by Gasteiger charge is 2.21. The first-order valence-electron chi connectivity index (χ1n) is 7.57. The molecule has 0 atom stereocenters. The van der Waals surface area contributed by atoms with Crippen LogP contribution in [0.4, 0.5) is 0 Å². The fourth-order valence-electron chi connectivity index (χ4n) is 2.42. The van der Waals surface area contributed by atoms with Crippen LogP contribution in [-0.2, 0) is 16.4 Å². The van der Waals surface area contributed by atoms with E-state index in [4.69, 9.17) is 16.3 Å². The Bertz CT molecular complexity index is 950. The van der Waals surface area contributed by atoms with Crippen molar-refractivity contribution in [2.75, 3.05) is 12.4 Å². The molecule has 0 radical (unpaired) electrons. The zero-order chi connectivity index (χ0) is 17.2. The number of ether oxygens (including phenoxy) is 1. The third-order valence-corrected chi connectivity index (χ3v) is 5.56. The highest BCUT2D eigenvalue weighted by atomic mass is 35.5. The molecule has 0 saturated heterocycles. The van der Waals surface area contributed by atoms with Crippen LogP contribution in [0.2, 0.25) is 5.02 Å². The first-order chi connectivity index (χ1) is 11.5.